The highest BCUT2D eigenvalue weighted by molar-refractivity contribution is 5.91. The van der Waals surface area contributed by atoms with Gasteiger partial charge in [-0.05, 0) is 43.0 Å². The van der Waals surface area contributed by atoms with Crippen LogP contribution in [0.15, 0.2) is 30.6 Å². The van der Waals surface area contributed by atoms with Gasteiger partial charge < -0.3 is 25.0 Å². The van der Waals surface area contributed by atoms with E-state index in [0.29, 0.717) is 36.5 Å². The minimum absolute atomic E-state index is 0.108. The predicted molar refractivity (Wildman–Crippen MR) is 129 cm³/mol. The summed E-state index contributed by atoms with van der Waals surface area (Å²) in [4.78, 5) is 22.1. The number of anilines is 4. The van der Waals surface area contributed by atoms with Crippen molar-refractivity contribution in [2.75, 3.05) is 42.3 Å². The van der Waals surface area contributed by atoms with Gasteiger partial charge in [-0.25, -0.2) is 18.7 Å². The molecular formula is C24H28F2N6O3. The minimum atomic E-state index is -2.54. The lowest BCUT2D eigenvalue weighted by atomic mass is 9.96. The number of benzene rings is 1. The SMILES string of the molecule is CNc1cc(Nc2cc(COC3CCC3)cc(N3CCOC(C(F)F)C3)c2)nc2c1ncn2C=O. The van der Waals surface area contributed by atoms with Crippen molar-refractivity contribution in [2.24, 2.45) is 0 Å². The van der Waals surface area contributed by atoms with Crippen molar-refractivity contribution in [3.63, 3.8) is 0 Å². The molecule has 0 bridgehead atoms. The van der Waals surface area contributed by atoms with E-state index in [0.717, 1.165) is 35.5 Å². The van der Waals surface area contributed by atoms with Crippen molar-refractivity contribution >= 4 is 40.5 Å². The van der Waals surface area contributed by atoms with Gasteiger partial charge in [0.15, 0.2) is 5.65 Å². The zero-order valence-electron chi connectivity index (χ0n) is 19.4. The lowest BCUT2D eigenvalue weighted by molar-refractivity contribution is -0.0614. The van der Waals surface area contributed by atoms with E-state index in [4.69, 9.17) is 9.47 Å². The molecule has 2 aliphatic rings. The number of fused-ring (bicyclic) bond motifs is 1. The molecule has 2 aromatic heterocycles. The second-order valence-electron chi connectivity index (χ2n) is 8.80. The van der Waals surface area contributed by atoms with Crippen LogP contribution in [0, 0.1) is 0 Å². The molecule has 3 heterocycles. The number of ether oxygens (including phenoxy) is 2. The molecule has 1 unspecified atom stereocenters. The van der Waals surface area contributed by atoms with E-state index in [9.17, 15) is 13.6 Å². The molecule has 2 fully saturated rings. The van der Waals surface area contributed by atoms with Gasteiger partial charge in [0.1, 0.15) is 23.8 Å². The molecule has 0 spiro atoms. The molecule has 3 aromatic rings. The lowest BCUT2D eigenvalue weighted by Crippen LogP contribution is -2.45. The van der Waals surface area contributed by atoms with Crippen LogP contribution in [0.1, 0.15) is 24.8 Å². The lowest BCUT2D eigenvalue weighted by Gasteiger charge is -2.34. The highest BCUT2D eigenvalue weighted by Gasteiger charge is 2.28. The Bertz CT molecular complexity index is 1200. The third kappa shape index (κ3) is 5.06. The van der Waals surface area contributed by atoms with Gasteiger partial charge in [-0.3, -0.25) is 9.36 Å². The Morgan fingerprint density at radius 2 is 2.14 bits per heavy atom. The normalized spacial score (nSPS) is 18.6. The van der Waals surface area contributed by atoms with Crippen molar-refractivity contribution < 1.29 is 23.0 Å². The molecular weight excluding hydrogens is 458 g/mol. The van der Waals surface area contributed by atoms with Crippen molar-refractivity contribution in [2.45, 2.75) is 44.5 Å². The number of morpholine rings is 1. The first-order chi connectivity index (χ1) is 17.0. The molecule has 2 N–H and O–H groups in total. The Labute approximate surface area is 201 Å². The summed E-state index contributed by atoms with van der Waals surface area (Å²) in [7, 11) is 1.77. The quantitative estimate of drug-likeness (QED) is 0.442. The molecule has 1 aliphatic heterocycles. The van der Waals surface area contributed by atoms with Crippen molar-refractivity contribution in [1.29, 1.82) is 0 Å². The molecule has 0 radical (unpaired) electrons. The van der Waals surface area contributed by atoms with Crippen LogP contribution in [0.3, 0.4) is 0 Å². The molecule has 0 amide bonds. The fourth-order valence-electron chi connectivity index (χ4n) is 4.31. The van der Waals surface area contributed by atoms with E-state index < -0.39 is 12.5 Å². The summed E-state index contributed by atoms with van der Waals surface area (Å²) in [6, 6.07) is 7.66. The van der Waals surface area contributed by atoms with Crippen LogP contribution in [0.5, 0.6) is 0 Å². The van der Waals surface area contributed by atoms with Crippen LogP contribution in [-0.2, 0) is 20.9 Å². The molecule has 186 valence electrons. The van der Waals surface area contributed by atoms with E-state index in [1.807, 2.05) is 29.2 Å². The van der Waals surface area contributed by atoms with Crippen molar-refractivity contribution in [3.05, 3.63) is 36.2 Å². The summed E-state index contributed by atoms with van der Waals surface area (Å²) in [6.45, 7) is 1.29. The second-order valence-corrected chi connectivity index (χ2v) is 8.80. The summed E-state index contributed by atoms with van der Waals surface area (Å²) < 4.78 is 39.2. The summed E-state index contributed by atoms with van der Waals surface area (Å²) in [6.07, 6.45) is 1.98. The fraction of sp³-hybridized carbons (Fsp3) is 0.458. The number of aromatic nitrogens is 3. The summed E-state index contributed by atoms with van der Waals surface area (Å²) in [5.41, 5.74) is 4.21. The monoisotopic (exact) mass is 486 g/mol. The Hall–Kier alpha value is -3.31. The van der Waals surface area contributed by atoms with E-state index >= 15 is 0 Å². The van der Waals surface area contributed by atoms with Crippen LogP contribution in [0.2, 0.25) is 0 Å². The smallest absolute Gasteiger partial charge is 0.266 e. The molecule has 11 heteroatoms. The largest absolute Gasteiger partial charge is 0.386 e. The Balaban J connectivity index is 1.46. The van der Waals surface area contributed by atoms with Gasteiger partial charge in [-0.1, -0.05) is 0 Å². The summed E-state index contributed by atoms with van der Waals surface area (Å²) in [5, 5.41) is 6.40. The Kier molecular flexibility index (Phi) is 6.78. The van der Waals surface area contributed by atoms with Crippen molar-refractivity contribution in [1.82, 2.24) is 14.5 Å². The molecule has 1 aliphatic carbocycles. The molecule has 35 heavy (non-hydrogen) atoms. The topological polar surface area (TPSA) is 93.5 Å². The maximum atomic E-state index is 13.3. The van der Waals surface area contributed by atoms with Gasteiger partial charge in [-0.15, -0.1) is 0 Å². The van der Waals surface area contributed by atoms with Crippen LogP contribution in [-0.4, -0.2) is 66.3 Å². The van der Waals surface area contributed by atoms with Gasteiger partial charge in [-0.2, -0.15) is 0 Å². The molecule has 1 atom stereocenters. The average Bonchev–Trinajstić information content (AvgIpc) is 3.25. The van der Waals surface area contributed by atoms with Crippen LogP contribution in [0.4, 0.5) is 31.7 Å². The predicted octanol–water partition coefficient (Wildman–Crippen LogP) is 3.79. The van der Waals surface area contributed by atoms with E-state index in [1.54, 1.807) is 7.05 Å². The average molecular weight is 487 g/mol. The maximum absolute atomic E-state index is 13.3. The highest BCUT2D eigenvalue weighted by atomic mass is 19.3. The number of pyridine rings is 1. The number of nitrogens with zero attached hydrogens (tertiary/aromatic N) is 4. The highest BCUT2D eigenvalue weighted by Crippen LogP contribution is 2.31. The summed E-state index contributed by atoms with van der Waals surface area (Å²) in [5.74, 6) is 0.515. The molecule has 9 nitrogen and oxygen atoms in total. The number of alkyl halides is 2. The van der Waals surface area contributed by atoms with Gasteiger partial charge in [0.2, 0.25) is 6.41 Å². The van der Waals surface area contributed by atoms with E-state index in [1.165, 1.54) is 17.3 Å². The number of nitrogens with one attached hydrogen (secondary N) is 2. The molecule has 5 rings (SSSR count). The second kappa shape index (κ2) is 10.1. The van der Waals surface area contributed by atoms with Gasteiger partial charge in [0, 0.05) is 37.6 Å². The standard InChI is InChI=1S/C24H28F2N6O3/c1-27-19-10-21(30-24-22(19)28-13-32(24)14-33)29-16-7-15(12-35-18-3-2-4-18)8-17(9-16)31-5-6-34-20(11-31)23(25)26/h7-10,13-14,18,20,23H,2-6,11-12H2,1H3,(H2,27,29,30). The third-order valence-electron chi connectivity index (χ3n) is 6.44. The first kappa shape index (κ1) is 23.4. The number of hydrogen-bond acceptors (Lipinski definition) is 8. The number of hydrogen-bond donors (Lipinski definition) is 2. The first-order valence-electron chi connectivity index (χ1n) is 11.7. The minimum Gasteiger partial charge on any atom is -0.386 e. The third-order valence-corrected chi connectivity index (χ3v) is 6.44. The molecule has 1 saturated carbocycles. The Morgan fingerprint density at radius 3 is 2.86 bits per heavy atom. The number of imidazole rings is 1. The van der Waals surface area contributed by atoms with Crippen molar-refractivity contribution in [3.8, 4) is 0 Å². The van der Waals surface area contributed by atoms with Crippen LogP contribution in [0.25, 0.3) is 11.2 Å². The molecule has 1 saturated heterocycles. The number of rotatable bonds is 9. The number of carbonyl (C=O) groups is 1. The van der Waals surface area contributed by atoms with Crippen LogP contribution < -0.4 is 15.5 Å². The number of halogens is 2. The molecule has 1 aromatic carbocycles. The van der Waals surface area contributed by atoms with Crippen LogP contribution >= 0.6 is 0 Å². The maximum Gasteiger partial charge on any atom is 0.266 e. The first-order valence-corrected chi connectivity index (χ1v) is 11.7. The van der Waals surface area contributed by atoms with Gasteiger partial charge in [0.25, 0.3) is 6.43 Å². The van der Waals surface area contributed by atoms with E-state index in [-0.39, 0.29) is 19.3 Å². The van der Waals surface area contributed by atoms with Gasteiger partial charge in [0.05, 0.1) is 25.0 Å². The Morgan fingerprint density at radius 1 is 1.29 bits per heavy atom. The van der Waals surface area contributed by atoms with E-state index in [2.05, 4.69) is 20.6 Å². The summed E-state index contributed by atoms with van der Waals surface area (Å²) >= 11 is 0. The number of carbonyl (C=O) groups excluding carboxylic acids is 1. The zero-order chi connectivity index (χ0) is 24.4. The van der Waals surface area contributed by atoms with Gasteiger partial charge >= 0.3 is 0 Å². The zero-order valence-corrected chi connectivity index (χ0v) is 19.4. The fourth-order valence-corrected chi connectivity index (χ4v) is 4.31.